The zero-order valence-electron chi connectivity index (χ0n) is 17.1. The van der Waals surface area contributed by atoms with Gasteiger partial charge in [0.05, 0.1) is 16.3 Å². The number of aryl methyl sites for hydroxylation is 1. The van der Waals surface area contributed by atoms with Crippen molar-refractivity contribution in [3.05, 3.63) is 58.7 Å². The lowest BCUT2D eigenvalue weighted by Crippen LogP contribution is -2.38. The van der Waals surface area contributed by atoms with Crippen LogP contribution in [-0.2, 0) is 6.54 Å². The topological polar surface area (TPSA) is 77.7 Å². The van der Waals surface area contributed by atoms with Gasteiger partial charge >= 0.3 is 0 Å². The molecule has 160 valence electrons. The van der Waals surface area contributed by atoms with E-state index in [9.17, 15) is 4.79 Å². The van der Waals surface area contributed by atoms with E-state index in [1.807, 2.05) is 13.0 Å². The lowest BCUT2D eigenvalue weighted by atomic mass is 9.90. The number of ether oxygens (including phenoxy) is 2. The minimum atomic E-state index is -0.0343. The second kappa shape index (κ2) is 8.32. The minimum absolute atomic E-state index is 0.0343. The Labute approximate surface area is 185 Å². The Morgan fingerprint density at radius 3 is 2.94 bits per heavy atom. The average Bonchev–Trinajstić information content (AvgIpc) is 3.39. The molecule has 2 aromatic heterocycles. The average molecular weight is 440 g/mol. The third-order valence-electron chi connectivity index (χ3n) is 5.78. The molecule has 0 aliphatic carbocycles. The summed E-state index contributed by atoms with van der Waals surface area (Å²) in [5.74, 6) is 2.56. The van der Waals surface area contributed by atoms with Gasteiger partial charge in [-0.15, -0.1) is 0 Å². The van der Waals surface area contributed by atoms with Gasteiger partial charge in [-0.1, -0.05) is 11.6 Å². The van der Waals surface area contributed by atoms with E-state index in [4.69, 9.17) is 30.5 Å². The fourth-order valence-electron chi connectivity index (χ4n) is 4.14. The Balaban J connectivity index is 1.32. The summed E-state index contributed by atoms with van der Waals surface area (Å²) in [5.41, 5.74) is 2.19. The van der Waals surface area contributed by atoms with E-state index in [1.54, 1.807) is 30.6 Å². The lowest BCUT2D eigenvalue weighted by molar-refractivity contribution is 0.0809. The van der Waals surface area contributed by atoms with Gasteiger partial charge in [-0.25, -0.2) is 4.98 Å². The molecule has 0 bridgehead atoms. The molecule has 0 spiro atoms. The first kappa shape index (κ1) is 20.0. The van der Waals surface area contributed by atoms with Crippen LogP contribution in [0.1, 0.15) is 34.7 Å². The fraction of sp³-hybridized carbons (Fsp3) is 0.348. The Hall–Kier alpha value is -2.90. The summed E-state index contributed by atoms with van der Waals surface area (Å²) in [6.07, 6.45) is 5.18. The van der Waals surface area contributed by atoms with Crippen molar-refractivity contribution in [2.45, 2.75) is 26.3 Å². The smallest absolute Gasteiger partial charge is 0.231 e. The lowest BCUT2D eigenvalue weighted by Gasteiger charge is -2.31. The molecule has 0 amide bonds. The van der Waals surface area contributed by atoms with Crippen LogP contribution in [-0.4, -0.2) is 40.5 Å². The van der Waals surface area contributed by atoms with Crippen LogP contribution in [0.2, 0.25) is 5.02 Å². The quantitative estimate of drug-likeness (QED) is 0.541. The minimum Gasteiger partial charge on any atom is -0.454 e. The molecule has 8 heteroatoms. The van der Waals surface area contributed by atoms with Crippen LogP contribution < -0.4 is 9.47 Å². The molecule has 7 nitrogen and oxygen atoms in total. The van der Waals surface area contributed by atoms with Crippen molar-refractivity contribution in [1.82, 2.24) is 14.9 Å². The Kier molecular flexibility index (Phi) is 5.38. The van der Waals surface area contributed by atoms with E-state index in [0.717, 1.165) is 30.8 Å². The second-order valence-corrected chi connectivity index (χ2v) is 8.29. The first-order chi connectivity index (χ1) is 15.1. The molecule has 31 heavy (non-hydrogen) atoms. The normalized spacial score (nSPS) is 18.3. The highest BCUT2D eigenvalue weighted by molar-refractivity contribution is 6.33. The van der Waals surface area contributed by atoms with Crippen LogP contribution in [0.4, 0.5) is 0 Å². The van der Waals surface area contributed by atoms with Crippen molar-refractivity contribution in [2.75, 3.05) is 19.9 Å². The SMILES string of the molecule is Cc1oc(-c2cc3c(cc2Cl)OCO3)nc1CN1CCC[C@@H](C(=O)c2cccnc2)C1. The number of halogens is 1. The molecular weight excluding hydrogens is 418 g/mol. The van der Waals surface area contributed by atoms with E-state index < -0.39 is 0 Å². The summed E-state index contributed by atoms with van der Waals surface area (Å²) >= 11 is 6.42. The molecule has 0 N–H and O–H groups in total. The predicted octanol–water partition coefficient (Wildman–Crippen LogP) is 4.52. The molecule has 2 aliphatic rings. The number of ketones is 1. The highest BCUT2D eigenvalue weighted by atomic mass is 35.5. The first-order valence-corrected chi connectivity index (χ1v) is 10.7. The van der Waals surface area contributed by atoms with E-state index in [1.165, 1.54) is 0 Å². The first-order valence-electron chi connectivity index (χ1n) is 10.3. The molecule has 1 fully saturated rings. The summed E-state index contributed by atoms with van der Waals surface area (Å²) in [7, 11) is 0. The summed E-state index contributed by atoms with van der Waals surface area (Å²) in [4.78, 5) is 23.9. The number of benzene rings is 1. The molecule has 0 unspecified atom stereocenters. The van der Waals surface area contributed by atoms with Crippen molar-refractivity contribution in [1.29, 1.82) is 0 Å². The standard InChI is InChI=1S/C23H22ClN3O4/c1-14-19(26-23(31-14)17-8-20-21(9-18(17)24)30-13-29-20)12-27-7-3-5-16(11-27)22(28)15-4-2-6-25-10-15/h2,4,6,8-10,16H,3,5,7,11-13H2,1H3/t16-/m1/s1. The molecule has 0 radical (unpaired) electrons. The van der Waals surface area contributed by atoms with Crippen LogP contribution in [0.15, 0.2) is 41.1 Å². The van der Waals surface area contributed by atoms with Crippen LogP contribution in [0.3, 0.4) is 0 Å². The van der Waals surface area contributed by atoms with E-state index in [-0.39, 0.29) is 18.5 Å². The van der Waals surface area contributed by atoms with Crippen molar-refractivity contribution < 1.29 is 18.7 Å². The van der Waals surface area contributed by atoms with Crippen LogP contribution in [0.5, 0.6) is 11.5 Å². The third-order valence-corrected chi connectivity index (χ3v) is 6.09. The number of carbonyl (C=O) groups excluding carboxylic acids is 1. The highest BCUT2D eigenvalue weighted by Crippen LogP contribution is 2.41. The summed E-state index contributed by atoms with van der Waals surface area (Å²) < 4.78 is 16.7. The van der Waals surface area contributed by atoms with Crippen LogP contribution in [0.25, 0.3) is 11.5 Å². The maximum Gasteiger partial charge on any atom is 0.231 e. The van der Waals surface area contributed by atoms with Gasteiger partial charge in [-0.05, 0) is 44.5 Å². The molecular formula is C23H22ClN3O4. The number of rotatable bonds is 5. The number of hydrogen-bond acceptors (Lipinski definition) is 7. The van der Waals surface area contributed by atoms with Gasteiger partial charge < -0.3 is 13.9 Å². The summed E-state index contributed by atoms with van der Waals surface area (Å²) in [6.45, 7) is 4.31. The molecule has 1 atom stereocenters. The number of likely N-dealkylation sites (tertiary alicyclic amines) is 1. The predicted molar refractivity (Wildman–Crippen MR) is 114 cm³/mol. The van der Waals surface area contributed by atoms with Crippen molar-refractivity contribution >= 4 is 17.4 Å². The monoisotopic (exact) mass is 439 g/mol. The van der Waals surface area contributed by atoms with Gasteiger partial charge in [-0.3, -0.25) is 14.7 Å². The number of Topliss-reactive ketones (excluding diaryl/α,β-unsaturated/α-hetero) is 1. The van der Waals surface area contributed by atoms with Gasteiger partial charge in [0, 0.05) is 43.0 Å². The number of nitrogens with zero attached hydrogens (tertiary/aromatic N) is 3. The summed E-state index contributed by atoms with van der Waals surface area (Å²) in [6, 6.07) is 7.15. The number of carbonyl (C=O) groups is 1. The Bertz CT molecular complexity index is 1120. The zero-order valence-corrected chi connectivity index (χ0v) is 17.9. The maximum absolute atomic E-state index is 12.8. The Morgan fingerprint density at radius 1 is 1.29 bits per heavy atom. The van der Waals surface area contributed by atoms with Gasteiger partial charge in [0.2, 0.25) is 12.7 Å². The van der Waals surface area contributed by atoms with E-state index in [0.29, 0.717) is 46.6 Å². The van der Waals surface area contributed by atoms with E-state index in [2.05, 4.69) is 9.88 Å². The highest BCUT2D eigenvalue weighted by Gasteiger charge is 2.28. The number of piperidine rings is 1. The van der Waals surface area contributed by atoms with Crippen molar-refractivity contribution in [3.8, 4) is 23.0 Å². The number of pyridine rings is 1. The zero-order chi connectivity index (χ0) is 21.4. The number of fused-ring (bicyclic) bond motifs is 1. The van der Waals surface area contributed by atoms with E-state index >= 15 is 0 Å². The maximum atomic E-state index is 12.8. The number of hydrogen-bond donors (Lipinski definition) is 0. The fourth-order valence-corrected chi connectivity index (χ4v) is 4.37. The summed E-state index contributed by atoms with van der Waals surface area (Å²) in [5, 5.41) is 0.497. The second-order valence-electron chi connectivity index (χ2n) is 7.89. The molecule has 2 aliphatic heterocycles. The third kappa shape index (κ3) is 4.03. The van der Waals surface area contributed by atoms with Crippen LogP contribution in [0, 0.1) is 12.8 Å². The number of aromatic nitrogens is 2. The van der Waals surface area contributed by atoms with Gasteiger partial charge in [0.15, 0.2) is 17.3 Å². The van der Waals surface area contributed by atoms with Gasteiger partial charge in [0.25, 0.3) is 0 Å². The van der Waals surface area contributed by atoms with Gasteiger partial charge in [0.1, 0.15) is 5.76 Å². The molecule has 5 rings (SSSR count). The molecule has 4 heterocycles. The molecule has 0 saturated carbocycles. The van der Waals surface area contributed by atoms with Crippen molar-refractivity contribution in [2.24, 2.45) is 5.92 Å². The molecule has 1 aromatic carbocycles. The van der Waals surface area contributed by atoms with Crippen molar-refractivity contribution in [3.63, 3.8) is 0 Å². The van der Waals surface area contributed by atoms with Gasteiger partial charge in [-0.2, -0.15) is 0 Å². The molecule has 3 aromatic rings. The molecule has 1 saturated heterocycles. The largest absolute Gasteiger partial charge is 0.454 e. The Morgan fingerprint density at radius 2 is 2.13 bits per heavy atom. The van der Waals surface area contributed by atoms with Crippen LogP contribution >= 0.6 is 11.6 Å². The number of oxazole rings is 1.